The van der Waals surface area contributed by atoms with Gasteiger partial charge in [0.1, 0.15) is 5.82 Å². The molecule has 7 nitrogen and oxygen atoms in total. The molecule has 2 amide bonds. The number of anilines is 2. The van der Waals surface area contributed by atoms with Crippen molar-refractivity contribution in [2.75, 3.05) is 16.4 Å². The van der Waals surface area contributed by atoms with Gasteiger partial charge in [-0.15, -0.1) is 10.2 Å². The topological polar surface area (TPSA) is 88.9 Å². The van der Waals surface area contributed by atoms with Gasteiger partial charge in [0.05, 0.1) is 22.2 Å². The summed E-state index contributed by atoms with van der Waals surface area (Å²) >= 11 is 19.1. The summed E-state index contributed by atoms with van der Waals surface area (Å²) in [6.07, 6.45) is 0.0123. The lowest BCUT2D eigenvalue weighted by Crippen LogP contribution is -2.17. The summed E-state index contributed by atoms with van der Waals surface area (Å²) in [5.41, 5.74) is 2.09. The number of nitrogens with zero attached hydrogens (tertiary/aromatic N) is 3. The van der Waals surface area contributed by atoms with E-state index in [1.165, 1.54) is 11.8 Å². The molecule has 3 aromatic rings. The van der Waals surface area contributed by atoms with Gasteiger partial charge in [-0.3, -0.25) is 9.59 Å². The molecule has 0 saturated heterocycles. The summed E-state index contributed by atoms with van der Waals surface area (Å²) < 4.78 is 1.68. The van der Waals surface area contributed by atoms with Crippen LogP contribution in [0.15, 0.2) is 41.6 Å². The number of thioether (sulfide) groups is 1. The molecular formula is C20H18Cl3N5O2S. The van der Waals surface area contributed by atoms with Crippen molar-refractivity contribution in [3.8, 4) is 0 Å². The van der Waals surface area contributed by atoms with E-state index in [9.17, 15) is 9.59 Å². The second-order valence-corrected chi connectivity index (χ2v) is 8.78. The van der Waals surface area contributed by atoms with E-state index in [1.54, 1.807) is 41.9 Å². The minimum atomic E-state index is -0.278. The Balaban J connectivity index is 1.54. The average molecular weight is 499 g/mol. The number of rotatable bonds is 7. The molecule has 0 fully saturated rings. The van der Waals surface area contributed by atoms with Gasteiger partial charge in [0, 0.05) is 23.4 Å². The predicted molar refractivity (Wildman–Crippen MR) is 125 cm³/mol. The Morgan fingerprint density at radius 3 is 2.26 bits per heavy atom. The molecule has 0 atom stereocenters. The monoisotopic (exact) mass is 497 g/mol. The molecule has 0 spiro atoms. The number of nitrogens with one attached hydrogen (secondary N) is 2. The quantitative estimate of drug-likeness (QED) is 0.448. The molecule has 0 saturated carbocycles. The van der Waals surface area contributed by atoms with Gasteiger partial charge in [-0.05, 0) is 42.8 Å². The molecule has 2 aromatic carbocycles. The van der Waals surface area contributed by atoms with Gasteiger partial charge < -0.3 is 15.2 Å². The molecule has 0 aliphatic rings. The Kier molecular flexibility index (Phi) is 7.83. The summed E-state index contributed by atoms with van der Waals surface area (Å²) in [5.74, 6) is 0.115. The van der Waals surface area contributed by atoms with Gasteiger partial charge in [-0.1, -0.05) is 52.6 Å². The molecular weight excluding hydrogens is 481 g/mol. The minimum absolute atomic E-state index is 0.0123. The van der Waals surface area contributed by atoms with Crippen molar-refractivity contribution in [2.45, 2.75) is 18.5 Å². The Hall–Kier alpha value is -2.26. The van der Waals surface area contributed by atoms with Crippen LogP contribution in [0.3, 0.4) is 0 Å². The van der Waals surface area contributed by atoms with Crippen molar-refractivity contribution in [1.29, 1.82) is 0 Å². The maximum Gasteiger partial charge on any atom is 0.234 e. The van der Waals surface area contributed by atoms with Crippen molar-refractivity contribution in [1.82, 2.24) is 14.8 Å². The van der Waals surface area contributed by atoms with Gasteiger partial charge in [0.15, 0.2) is 5.16 Å². The molecule has 1 heterocycles. The van der Waals surface area contributed by atoms with E-state index in [2.05, 4.69) is 20.8 Å². The van der Waals surface area contributed by atoms with E-state index in [1.807, 2.05) is 13.0 Å². The lowest BCUT2D eigenvalue weighted by Gasteiger charge is -2.08. The third kappa shape index (κ3) is 6.36. The molecule has 0 unspecified atom stereocenters. The molecule has 3 rings (SSSR count). The Morgan fingerprint density at radius 1 is 0.935 bits per heavy atom. The average Bonchev–Trinajstić information content (AvgIpc) is 3.05. The largest absolute Gasteiger partial charge is 0.326 e. The van der Waals surface area contributed by atoms with Gasteiger partial charge in [-0.2, -0.15) is 0 Å². The highest BCUT2D eigenvalue weighted by Crippen LogP contribution is 2.25. The van der Waals surface area contributed by atoms with E-state index in [0.717, 1.165) is 5.56 Å². The Morgan fingerprint density at radius 2 is 1.58 bits per heavy atom. The number of carbonyl (C=O) groups is 2. The molecule has 31 heavy (non-hydrogen) atoms. The van der Waals surface area contributed by atoms with Gasteiger partial charge in [0.2, 0.25) is 11.8 Å². The highest BCUT2D eigenvalue weighted by atomic mass is 35.5. The van der Waals surface area contributed by atoms with E-state index in [-0.39, 0.29) is 24.0 Å². The normalized spacial score (nSPS) is 10.7. The van der Waals surface area contributed by atoms with E-state index in [0.29, 0.717) is 37.4 Å². The smallest absolute Gasteiger partial charge is 0.234 e. The highest BCUT2D eigenvalue weighted by molar-refractivity contribution is 7.99. The molecule has 1 aromatic heterocycles. The van der Waals surface area contributed by atoms with Crippen molar-refractivity contribution in [3.05, 3.63) is 62.9 Å². The van der Waals surface area contributed by atoms with Crippen LogP contribution in [0.5, 0.6) is 0 Å². The zero-order chi connectivity index (χ0) is 22.5. The van der Waals surface area contributed by atoms with Crippen LogP contribution >= 0.6 is 46.6 Å². The van der Waals surface area contributed by atoms with Crippen LogP contribution in [0.4, 0.5) is 11.4 Å². The summed E-state index contributed by atoms with van der Waals surface area (Å²) in [6, 6.07) is 10.2. The third-order valence-corrected chi connectivity index (χ3v) is 6.40. The summed E-state index contributed by atoms with van der Waals surface area (Å²) in [6.45, 7) is 1.89. The predicted octanol–water partition coefficient (Wildman–Crippen LogP) is 5.00. The van der Waals surface area contributed by atoms with Crippen LogP contribution in [0.25, 0.3) is 0 Å². The zero-order valence-corrected chi connectivity index (χ0v) is 19.7. The number of hydrogen-bond donors (Lipinski definition) is 2. The van der Waals surface area contributed by atoms with Crippen molar-refractivity contribution in [3.63, 3.8) is 0 Å². The molecule has 0 aliphatic heterocycles. The number of amides is 2. The van der Waals surface area contributed by atoms with Crippen molar-refractivity contribution < 1.29 is 9.59 Å². The lowest BCUT2D eigenvalue weighted by molar-refractivity contribution is -0.116. The molecule has 0 bridgehead atoms. The third-order valence-electron chi connectivity index (χ3n) is 4.24. The van der Waals surface area contributed by atoms with Crippen LogP contribution in [0, 0.1) is 6.92 Å². The Bertz CT molecular complexity index is 1140. The number of hydrogen-bond acceptors (Lipinski definition) is 5. The van der Waals surface area contributed by atoms with E-state index >= 15 is 0 Å². The number of aryl methyl sites for hydroxylation is 1. The van der Waals surface area contributed by atoms with Crippen LogP contribution in [0.2, 0.25) is 15.1 Å². The van der Waals surface area contributed by atoms with E-state index < -0.39 is 0 Å². The molecule has 162 valence electrons. The standard InChI is InChI=1S/C20H18Cl3N5O2S/c1-11-3-4-12(7-15(11)22)25-19(30)10-31-20-27-26-17(28(20)2)9-18(29)24-13-5-6-14(21)16(23)8-13/h3-8H,9-10H2,1-2H3,(H,24,29)(H,25,30). The summed E-state index contributed by atoms with van der Waals surface area (Å²) in [4.78, 5) is 24.5. The van der Waals surface area contributed by atoms with Gasteiger partial charge in [-0.25, -0.2) is 0 Å². The number of carbonyl (C=O) groups excluding carboxylic acids is 2. The summed E-state index contributed by atoms with van der Waals surface area (Å²) in [7, 11) is 1.74. The van der Waals surface area contributed by atoms with Gasteiger partial charge >= 0.3 is 0 Å². The fourth-order valence-electron chi connectivity index (χ4n) is 2.55. The lowest BCUT2D eigenvalue weighted by atomic mass is 10.2. The minimum Gasteiger partial charge on any atom is -0.326 e. The SMILES string of the molecule is Cc1ccc(NC(=O)CSc2nnc(CC(=O)Nc3ccc(Cl)c(Cl)c3)n2C)cc1Cl. The van der Waals surface area contributed by atoms with Crippen LogP contribution in [0.1, 0.15) is 11.4 Å². The maximum atomic E-state index is 12.3. The first-order valence-corrected chi connectivity index (χ1v) is 11.2. The van der Waals surface area contributed by atoms with Crippen molar-refractivity contribution >= 4 is 69.8 Å². The number of halogens is 3. The first kappa shape index (κ1) is 23.4. The number of aromatic nitrogens is 3. The first-order chi connectivity index (χ1) is 14.7. The zero-order valence-electron chi connectivity index (χ0n) is 16.6. The molecule has 2 N–H and O–H groups in total. The maximum absolute atomic E-state index is 12.3. The van der Waals surface area contributed by atoms with Crippen LogP contribution in [-0.4, -0.2) is 32.3 Å². The molecule has 11 heteroatoms. The second kappa shape index (κ2) is 10.4. The number of benzene rings is 2. The second-order valence-electron chi connectivity index (χ2n) is 6.61. The fourth-order valence-corrected chi connectivity index (χ4v) is 3.75. The van der Waals surface area contributed by atoms with Crippen LogP contribution in [-0.2, 0) is 23.1 Å². The van der Waals surface area contributed by atoms with Gasteiger partial charge in [0.25, 0.3) is 0 Å². The highest BCUT2D eigenvalue weighted by Gasteiger charge is 2.15. The first-order valence-electron chi connectivity index (χ1n) is 9.05. The summed E-state index contributed by atoms with van der Waals surface area (Å²) in [5, 5.41) is 15.5. The van der Waals surface area contributed by atoms with Crippen molar-refractivity contribution in [2.24, 2.45) is 7.05 Å². The molecule has 0 aliphatic carbocycles. The van der Waals surface area contributed by atoms with E-state index in [4.69, 9.17) is 34.8 Å². The fraction of sp³-hybridized carbons (Fsp3) is 0.200. The Labute approximate surface area is 198 Å². The molecule has 0 radical (unpaired) electrons. The van der Waals surface area contributed by atoms with Crippen LogP contribution < -0.4 is 10.6 Å².